The van der Waals surface area contributed by atoms with Crippen molar-refractivity contribution in [3.8, 4) is 78.1 Å². The highest BCUT2D eigenvalue weighted by Gasteiger charge is 2.31. The molecular weight excluding hydrogens is 749 g/mol. The van der Waals surface area contributed by atoms with Crippen LogP contribution in [0.25, 0.3) is 132 Å². The smallest absolute Gasteiger partial charge is 0.0886 e. The fourth-order valence-corrected chi connectivity index (χ4v) is 10.5. The number of aromatic nitrogens is 2. The molecule has 0 atom stereocenters. The van der Waals surface area contributed by atoms with Gasteiger partial charge in [0.05, 0.1) is 11.4 Å². The van der Waals surface area contributed by atoms with Crippen molar-refractivity contribution >= 4 is 53.9 Å². The van der Waals surface area contributed by atoms with Crippen molar-refractivity contribution in [3.63, 3.8) is 0 Å². The summed E-state index contributed by atoms with van der Waals surface area (Å²) in [6.07, 6.45) is 3.81. The van der Waals surface area contributed by atoms with Gasteiger partial charge in [0.15, 0.2) is 0 Å². The van der Waals surface area contributed by atoms with Crippen LogP contribution < -0.4 is 0 Å². The molecule has 0 aliphatic heterocycles. The lowest BCUT2D eigenvalue weighted by Gasteiger charge is -2.20. The largest absolute Gasteiger partial charge is 0.255 e. The van der Waals surface area contributed by atoms with Gasteiger partial charge in [-0.15, -0.1) is 0 Å². The molecule has 0 radical (unpaired) electrons. The summed E-state index contributed by atoms with van der Waals surface area (Å²) in [5, 5.41) is 12.5. The van der Waals surface area contributed by atoms with Crippen molar-refractivity contribution in [2.24, 2.45) is 0 Å². The molecule has 1 aliphatic rings. The average Bonchev–Trinajstić information content (AvgIpc) is 3.68. The quantitative estimate of drug-likeness (QED) is 0.162. The van der Waals surface area contributed by atoms with Crippen LogP contribution in [-0.4, -0.2) is 9.97 Å². The van der Waals surface area contributed by atoms with E-state index in [1.807, 2.05) is 30.6 Å². The molecule has 0 bridgehead atoms. The van der Waals surface area contributed by atoms with Crippen LogP contribution >= 0.6 is 0 Å². The van der Waals surface area contributed by atoms with Crippen LogP contribution in [0.5, 0.6) is 0 Å². The van der Waals surface area contributed by atoms with E-state index in [2.05, 4.69) is 193 Å². The van der Waals surface area contributed by atoms with E-state index < -0.39 is 0 Å². The molecule has 0 amide bonds. The number of pyridine rings is 2. The standard InChI is InChI=1S/C60H36N2/c1-3-16-37(17-4-1)56-46-24-11-12-25-47(46)57(38-18-5-2-6-19-38)60-49-31-30-44(45-26-15-27-48(58(45)49)59(56)60)51-35-53-41-21-8-7-20-40(41)50(34-52(53)43-23-10-9-22-42(43)51)39-29-32-55(62-36-39)54-28-13-14-33-61-54/h1-36H. The molecule has 13 rings (SSSR count). The van der Waals surface area contributed by atoms with Crippen molar-refractivity contribution in [1.82, 2.24) is 9.97 Å². The monoisotopic (exact) mass is 784 g/mol. The molecule has 0 unspecified atom stereocenters. The van der Waals surface area contributed by atoms with E-state index >= 15 is 0 Å². The van der Waals surface area contributed by atoms with E-state index in [0.717, 1.165) is 17.0 Å². The Kier molecular flexibility index (Phi) is 7.64. The fourth-order valence-electron chi connectivity index (χ4n) is 10.5. The Bertz CT molecular complexity index is 3670. The maximum Gasteiger partial charge on any atom is 0.0886 e. The summed E-state index contributed by atoms with van der Waals surface area (Å²) < 4.78 is 0. The molecule has 0 fully saturated rings. The number of benzene rings is 10. The SMILES string of the molecule is c1ccc(-c2c3c(c(-c4ccccc4)c4ccccc24)-c2ccc(-c4cc5c6ccccc6c(-c6ccc(-c7ccccn7)nc6)cc5c5ccccc45)c4cccc-3c24)cc1. The minimum Gasteiger partial charge on any atom is -0.255 e. The van der Waals surface area contributed by atoms with Gasteiger partial charge in [-0.3, -0.25) is 9.97 Å². The summed E-state index contributed by atoms with van der Waals surface area (Å²) in [5.41, 5.74) is 16.7. The molecule has 0 spiro atoms. The van der Waals surface area contributed by atoms with Crippen LogP contribution in [0.4, 0.5) is 0 Å². The molecule has 0 saturated heterocycles. The molecule has 2 aromatic heterocycles. The highest BCUT2D eigenvalue weighted by Crippen LogP contribution is 2.59. The molecule has 0 N–H and O–H groups in total. The maximum absolute atomic E-state index is 4.89. The number of fused-ring (bicyclic) bond motifs is 9. The van der Waals surface area contributed by atoms with Gasteiger partial charge in [-0.1, -0.05) is 176 Å². The van der Waals surface area contributed by atoms with Gasteiger partial charge < -0.3 is 0 Å². The van der Waals surface area contributed by atoms with Crippen LogP contribution in [0.2, 0.25) is 0 Å². The number of hydrogen-bond donors (Lipinski definition) is 0. The highest BCUT2D eigenvalue weighted by atomic mass is 14.8. The lowest BCUT2D eigenvalue weighted by molar-refractivity contribution is 1.25. The minimum absolute atomic E-state index is 0.865. The Labute approximate surface area is 359 Å². The van der Waals surface area contributed by atoms with Gasteiger partial charge in [0.25, 0.3) is 0 Å². The van der Waals surface area contributed by atoms with Crippen molar-refractivity contribution < 1.29 is 0 Å². The van der Waals surface area contributed by atoms with E-state index in [4.69, 9.17) is 4.98 Å². The molecule has 2 heterocycles. The van der Waals surface area contributed by atoms with Gasteiger partial charge in [0.2, 0.25) is 0 Å². The summed E-state index contributed by atoms with van der Waals surface area (Å²) in [7, 11) is 0. The first-order valence-electron chi connectivity index (χ1n) is 21.3. The maximum atomic E-state index is 4.89. The fraction of sp³-hybridized carbons (Fsp3) is 0. The third-order valence-corrected chi connectivity index (χ3v) is 13.1. The zero-order valence-electron chi connectivity index (χ0n) is 33.7. The van der Waals surface area contributed by atoms with Gasteiger partial charge in [-0.05, 0) is 145 Å². The molecule has 2 heteroatoms. The van der Waals surface area contributed by atoms with Crippen LogP contribution in [0.1, 0.15) is 0 Å². The first kappa shape index (κ1) is 34.6. The average molecular weight is 785 g/mol. The van der Waals surface area contributed by atoms with E-state index in [0.29, 0.717) is 0 Å². The van der Waals surface area contributed by atoms with Crippen LogP contribution in [0, 0.1) is 0 Å². The normalized spacial score (nSPS) is 11.9. The predicted molar refractivity (Wildman–Crippen MR) is 261 cm³/mol. The number of nitrogens with zero attached hydrogens (tertiary/aromatic N) is 2. The van der Waals surface area contributed by atoms with Gasteiger partial charge >= 0.3 is 0 Å². The number of hydrogen-bond acceptors (Lipinski definition) is 2. The first-order chi connectivity index (χ1) is 30.8. The van der Waals surface area contributed by atoms with E-state index in [9.17, 15) is 0 Å². The molecule has 10 aromatic carbocycles. The molecular formula is C60H36N2. The van der Waals surface area contributed by atoms with Gasteiger partial charge in [0.1, 0.15) is 0 Å². The zero-order valence-corrected chi connectivity index (χ0v) is 33.7. The van der Waals surface area contributed by atoms with Crippen molar-refractivity contribution in [2.45, 2.75) is 0 Å². The molecule has 12 aromatic rings. The Morgan fingerprint density at radius 1 is 0.242 bits per heavy atom. The van der Waals surface area contributed by atoms with Gasteiger partial charge in [0, 0.05) is 18.0 Å². The first-order valence-corrected chi connectivity index (χ1v) is 21.3. The summed E-state index contributed by atoms with van der Waals surface area (Å²) >= 11 is 0. The highest BCUT2D eigenvalue weighted by molar-refractivity contribution is 6.30. The Morgan fingerprint density at radius 3 is 1.34 bits per heavy atom. The Morgan fingerprint density at radius 2 is 0.742 bits per heavy atom. The van der Waals surface area contributed by atoms with E-state index in [1.54, 1.807) is 0 Å². The summed E-state index contributed by atoms with van der Waals surface area (Å²) in [6.45, 7) is 0. The zero-order chi connectivity index (χ0) is 40.7. The second kappa shape index (κ2) is 13.7. The Balaban J connectivity index is 1.08. The van der Waals surface area contributed by atoms with Crippen molar-refractivity contribution in [2.75, 3.05) is 0 Å². The van der Waals surface area contributed by atoms with Gasteiger partial charge in [-0.25, -0.2) is 0 Å². The third-order valence-electron chi connectivity index (χ3n) is 13.1. The van der Waals surface area contributed by atoms with Crippen molar-refractivity contribution in [3.05, 3.63) is 219 Å². The van der Waals surface area contributed by atoms with Crippen LogP contribution in [0.3, 0.4) is 0 Å². The summed E-state index contributed by atoms with van der Waals surface area (Å²) in [5.74, 6) is 0. The second-order valence-electron chi connectivity index (χ2n) is 16.3. The topological polar surface area (TPSA) is 25.8 Å². The van der Waals surface area contributed by atoms with Crippen molar-refractivity contribution in [1.29, 1.82) is 0 Å². The summed E-state index contributed by atoms with van der Waals surface area (Å²) in [4.78, 5) is 9.42. The molecule has 62 heavy (non-hydrogen) atoms. The molecule has 1 aliphatic carbocycles. The molecule has 0 saturated carbocycles. The van der Waals surface area contributed by atoms with E-state index in [1.165, 1.54) is 115 Å². The van der Waals surface area contributed by atoms with E-state index in [-0.39, 0.29) is 0 Å². The predicted octanol–water partition coefficient (Wildman–Crippen LogP) is 16.2. The second-order valence-corrected chi connectivity index (χ2v) is 16.3. The number of rotatable bonds is 5. The lowest BCUT2D eigenvalue weighted by Crippen LogP contribution is -1.93. The van der Waals surface area contributed by atoms with Crippen LogP contribution in [-0.2, 0) is 0 Å². The lowest BCUT2D eigenvalue weighted by atomic mass is 9.82. The van der Waals surface area contributed by atoms with Crippen LogP contribution in [0.15, 0.2) is 219 Å². The molecule has 2 nitrogen and oxygen atoms in total. The van der Waals surface area contributed by atoms with Gasteiger partial charge in [-0.2, -0.15) is 0 Å². The third kappa shape index (κ3) is 5.11. The molecule has 286 valence electrons. The Hall–Kier alpha value is -8.20. The minimum atomic E-state index is 0.865. The summed E-state index contributed by atoms with van der Waals surface area (Å²) in [6, 6.07) is 75.5.